The van der Waals surface area contributed by atoms with Crippen molar-refractivity contribution in [2.45, 2.75) is 26.8 Å². The van der Waals surface area contributed by atoms with Gasteiger partial charge in [0.1, 0.15) is 11.4 Å². The number of pyridine rings is 1. The van der Waals surface area contributed by atoms with Gasteiger partial charge in [-0.15, -0.1) is 0 Å². The molecule has 0 spiro atoms. The average molecular weight is 299 g/mol. The van der Waals surface area contributed by atoms with Gasteiger partial charge in [0, 0.05) is 6.04 Å². The Hall–Kier alpha value is -2.56. The first-order valence-electron chi connectivity index (χ1n) is 7.36. The van der Waals surface area contributed by atoms with Crippen molar-refractivity contribution in [3.63, 3.8) is 0 Å². The van der Waals surface area contributed by atoms with E-state index >= 15 is 0 Å². The monoisotopic (exact) mass is 299 g/mol. The molecule has 2 rings (SSSR count). The molecule has 0 aliphatic heterocycles. The molecule has 1 amide bonds. The summed E-state index contributed by atoms with van der Waals surface area (Å²) in [6.07, 6.45) is 1.64. The average Bonchev–Trinajstić information content (AvgIpc) is 2.49. The summed E-state index contributed by atoms with van der Waals surface area (Å²) in [6.45, 7) is 6.38. The molecular weight excluding hydrogens is 278 g/mol. The van der Waals surface area contributed by atoms with E-state index in [2.05, 4.69) is 15.6 Å². The third-order valence-electron chi connectivity index (χ3n) is 2.88. The van der Waals surface area contributed by atoms with Crippen molar-refractivity contribution in [1.29, 1.82) is 0 Å². The topological polar surface area (TPSA) is 63.2 Å². The number of amides is 1. The molecule has 1 aromatic carbocycles. The van der Waals surface area contributed by atoms with Crippen LogP contribution in [0.3, 0.4) is 0 Å². The van der Waals surface area contributed by atoms with E-state index in [0.29, 0.717) is 12.3 Å². The normalized spacial score (nSPS) is 10.4. The zero-order valence-electron chi connectivity index (χ0n) is 13.1. The van der Waals surface area contributed by atoms with E-state index in [9.17, 15) is 4.79 Å². The number of nitrogens with zero attached hydrogens (tertiary/aromatic N) is 1. The predicted octanol–water partition coefficient (Wildman–Crippen LogP) is 3.36. The molecule has 0 atom stereocenters. The maximum absolute atomic E-state index is 11.8. The summed E-state index contributed by atoms with van der Waals surface area (Å²) in [4.78, 5) is 16.0. The molecule has 2 N–H and O–H groups in total. The van der Waals surface area contributed by atoms with E-state index in [0.717, 1.165) is 17.1 Å². The Morgan fingerprint density at radius 1 is 1.23 bits per heavy atom. The summed E-state index contributed by atoms with van der Waals surface area (Å²) in [6, 6.07) is 11.3. The number of rotatable bonds is 6. The molecule has 0 unspecified atom stereocenters. The number of nitrogens with one attached hydrogen (secondary N) is 2. The first kappa shape index (κ1) is 15.8. The fourth-order valence-corrected chi connectivity index (χ4v) is 1.95. The fourth-order valence-electron chi connectivity index (χ4n) is 1.95. The van der Waals surface area contributed by atoms with E-state index in [1.54, 1.807) is 12.3 Å². The van der Waals surface area contributed by atoms with Crippen molar-refractivity contribution < 1.29 is 9.53 Å². The van der Waals surface area contributed by atoms with Gasteiger partial charge in [-0.25, -0.2) is 4.98 Å². The van der Waals surface area contributed by atoms with Gasteiger partial charge < -0.3 is 15.4 Å². The molecule has 0 saturated heterocycles. The van der Waals surface area contributed by atoms with Crippen LogP contribution in [0.25, 0.3) is 0 Å². The smallest absolute Gasteiger partial charge is 0.270 e. The predicted molar refractivity (Wildman–Crippen MR) is 87.7 cm³/mol. The van der Waals surface area contributed by atoms with Crippen molar-refractivity contribution in [2.24, 2.45) is 0 Å². The highest BCUT2D eigenvalue weighted by molar-refractivity contribution is 5.92. The zero-order valence-corrected chi connectivity index (χ0v) is 13.1. The zero-order chi connectivity index (χ0) is 15.9. The summed E-state index contributed by atoms with van der Waals surface area (Å²) in [5.74, 6) is 0.614. The van der Waals surface area contributed by atoms with Crippen LogP contribution in [0.4, 0.5) is 11.4 Å². The van der Waals surface area contributed by atoms with E-state index in [-0.39, 0.29) is 11.9 Å². The van der Waals surface area contributed by atoms with Crippen molar-refractivity contribution in [2.75, 3.05) is 11.9 Å². The van der Waals surface area contributed by atoms with Gasteiger partial charge in [-0.2, -0.15) is 0 Å². The van der Waals surface area contributed by atoms with Crippen LogP contribution in [0.15, 0.2) is 42.6 Å². The molecule has 0 fully saturated rings. The van der Waals surface area contributed by atoms with Gasteiger partial charge in [-0.1, -0.05) is 12.1 Å². The van der Waals surface area contributed by atoms with Crippen molar-refractivity contribution >= 4 is 17.3 Å². The van der Waals surface area contributed by atoms with Gasteiger partial charge in [-0.3, -0.25) is 4.79 Å². The van der Waals surface area contributed by atoms with E-state index < -0.39 is 0 Å². The van der Waals surface area contributed by atoms with Gasteiger partial charge in [0.2, 0.25) is 0 Å². The number of carbonyl (C=O) groups excluding carboxylic acids is 1. The van der Waals surface area contributed by atoms with Gasteiger partial charge in [0.05, 0.1) is 24.2 Å². The third kappa shape index (κ3) is 4.22. The number of hydrogen-bond donors (Lipinski definition) is 2. The van der Waals surface area contributed by atoms with Crippen molar-refractivity contribution in [3.05, 3.63) is 48.3 Å². The van der Waals surface area contributed by atoms with Crippen LogP contribution in [-0.2, 0) is 0 Å². The van der Waals surface area contributed by atoms with Crippen molar-refractivity contribution in [1.82, 2.24) is 10.3 Å². The Morgan fingerprint density at radius 2 is 2.00 bits per heavy atom. The minimum absolute atomic E-state index is 0.0881. The minimum atomic E-state index is -0.170. The van der Waals surface area contributed by atoms with Crippen LogP contribution in [0.5, 0.6) is 5.75 Å². The van der Waals surface area contributed by atoms with Gasteiger partial charge in [-0.05, 0) is 45.0 Å². The Balaban J connectivity index is 2.10. The molecule has 2 aromatic rings. The molecule has 0 aliphatic carbocycles. The Labute approximate surface area is 130 Å². The third-order valence-corrected chi connectivity index (χ3v) is 2.88. The lowest BCUT2D eigenvalue weighted by atomic mass is 10.2. The lowest BCUT2D eigenvalue weighted by molar-refractivity contribution is 0.0938. The summed E-state index contributed by atoms with van der Waals surface area (Å²) >= 11 is 0. The standard InChI is InChI=1S/C17H21N3O2/c1-4-22-16-8-6-5-7-14(16)20-13-9-10-15(18-11-13)17(21)19-12(2)3/h5-12,20H,4H2,1-3H3,(H,19,21). The number of carbonyl (C=O) groups is 1. The summed E-state index contributed by atoms with van der Waals surface area (Å²) < 4.78 is 5.57. The molecule has 0 aliphatic rings. The van der Waals surface area contributed by atoms with Crippen LogP contribution < -0.4 is 15.4 Å². The second-order valence-corrected chi connectivity index (χ2v) is 5.11. The molecule has 0 bridgehead atoms. The van der Waals surface area contributed by atoms with Crippen molar-refractivity contribution in [3.8, 4) is 5.75 Å². The first-order chi connectivity index (χ1) is 10.6. The number of benzene rings is 1. The highest BCUT2D eigenvalue weighted by Gasteiger charge is 2.09. The maximum Gasteiger partial charge on any atom is 0.270 e. The van der Waals surface area contributed by atoms with Gasteiger partial charge in [0.25, 0.3) is 5.91 Å². The molecule has 5 nitrogen and oxygen atoms in total. The number of ether oxygens (including phenoxy) is 1. The van der Waals surface area contributed by atoms with Gasteiger partial charge >= 0.3 is 0 Å². The number of anilines is 2. The molecular formula is C17H21N3O2. The summed E-state index contributed by atoms with van der Waals surface area (Å²) in [5, 5.41) is 6.06. The summed E-state index contributed by atoms with van der Waals surface area (Å²) in [5.41, 5.74) is 2.07. The van der Waals surface area contributed by atoms with E-state index in [1.165, 1.54) is 0 Å². The minimum Gasteiger partial charge on any atom is -0.492 e. The fraction of sp³-hybridized carbons (Fsp3) is 0.294. The van der Waals surface area contributed by atoms with E-state index in [1.807, 2.05) is 51.1 Å². The van der Waals surface area contributed by atoms with Crippen LogP contribution in [-0.4, -0.2) is 23.5 Å². The SMILES string of the molecule is CCOc1ccccc1Nc1ccc(C(=O)NC(C)C)nc1. The second kappa shape index (κ2) is 7.45. The highest BCUT2D eigenvalue weighted by Crippen LogP contribution is 2.27. The van der Waals surface area contributed by atoms with Crippen LogP contribution >= 0.6 is 0 Å². The number of para-hydroxylation sites is 2. The molecule has 5 heteroatoms. The van der Waals surface area contributed by atoms with Crippen LogP contribution in [0, 0.1) is 0 Å². The molecule has 116 valence electrons. The molecule has 1 aromatic heterocycles. The second-order valence-electron chi connectivity index (χ2n) is 5.11. The maximum atomic E-state index is 11.8. The van der Waals surface area contributed by atoms with Crippen LogP contribution in [0.1, 0.15) is 31.3 Å². The number of hydrogen-bond acceptors (Lipinski definition) is 4. The molecule has 0 saturated carbocycles. The van der Waals surface area contributed by atoms with E-state index in [4.69, 9.17) is 4.74 Å². The quantitative estimate of drug-likeness (QED) is 0.858. The van der Waals surface area contributed by atoms with Crippen LogP contribution in [0.2, 0.25) is 0 Å². The highest BCUT2D eigenvalue weighted by atomic mass is 16.5. The lowest BCUT2D eigenvalue weighted by Gasteiger charge is -2.12. The Morgan fingerprint density at radius 3 is 2.64 bits per heavy atom. The number of aromatic nitrogens is 1. The Kier molecular flexibility index (Phi) is 5.36. The Bertz CT molecular complexity index is 624. The van der Waals surface area contributed by atoms with Gasteiger partial charge in [0.15, 0.2) is 0 Å². The largest absolute Gasteiger partial charge is 0.492 e. The molecule has 22 heavy (non-hydrogen) atoms. The lowest BCUT2D eigenvalue weighted by Crippen LogP contribution is -2.30. The molecule has 0 radical (unpaired) electrons. The first-order valence-corrected chi connectivity index (χ1v) is 7.36. The summed E-state index contributed by atoms with van der Waals surface area (Å²) in [7, 11) is 0. The molecule has 1 heterocycles.